The van der Waals surface area contributed by atoms with Crippen molar-refractivity contribution in [1.82, 2.24) is 35.3 Å². The van der Waals surface area contributed by atoms with Gasteiger partial charge in [-0.2, -0.15) is 10.2 Å². The first-order valence-electron chi connectivity index (χ1n) is 11.8. The molecule has 3 aromatic rings. The van der Waals surface area contributed by atoms with Crippen molar-refractivity contribution in [3.8, 4) is 11.3 Å². The lowest BCUT2D eigenvalue weighted by atomic mass is 9.83. The molecule has 0 spiro atoms. The van der Waals surface area contributed by atoms with Crippen LogP contribution in [-0.4, -0.2) is 36.0 Å². The van der Waals surface area contributed by atoms with Gasteiger partial charge in [-0.15, -0.1) is 0 Å². The van der Waals surface area contributed by atoms with E-state index in [0.717, 1.165) is 35.8 Å². The first kappa shape index (κ1) is 21.6. The van der Waals surface area contributed by atoms with E-state index in [2.05, 4.69) is 32.5 Å². The maximum absolute atomic E-state index is 6.54. The number of aromatic amines is 1. The third-order valence-corrected chi connectivity index (χ3v) is 7.39. The van der Waals surface area contributed by atoms with Gasteiger partial charge in [0, 0.05) is 54.8 Å². The van der Waals surface area contributed by atoms with E-state index >= 15 is 0 Å². The number of hydrogen-bond donors (Lipinski definition) is 2. The number of aryl methyl sites for hydroxylation is 1. The lowest BCUT2D eigenvalue weighted by Crippen LogP contribution is -2.35. The molecule has 3 heterocycles. The molecule has 0 radical (unpaired) electrons. The first-order chi connectivity index (χ1) is 15.6. The zero-order valence-electron chi connectivity index (χ0n) is 18.9. The van der Waals surface area contributed by atoms with Gasteiger partial charge in [-0.3, -0.25) is 9.78 Å². The summed E-state index contributed by atoms with van der Waals surface area (Å²) in [6, 6.07) is 0.875. The average molecular weight is 454 g/mol. The summed E-state index contributed by atoms with van der Waals surface area (Å²) in [5.41, 5.74) is 4.35. The molecule has 32 heavy (non-hydrogen) atoms. The van der Waals surface area contributed by atoms with Crippen molar-refractivity contribution in [1.29, 1.82) is 0 Å². The van der Waals surface area contributed by atoms with Crippen LogP contribution in [0.15, 0.2) is 24.8 Å². The fourth-order valence-electron chi connectivity index (χ4n) is 4.93. The van der Waals surface area contributed by atoms with Crippen molar-refractivity contribution in [3.05, 3.63) is 46.9 Å². The van der Waals surface area contributed by atoms with Crippen LogP contribution in [0.3, 0.4) is 0 Å². The van der Waals surface area contributed by atoms with Gasteiger partial charge in [0.05, 0.1) is 23.1 Å². The van der Waals surface area contributed by atoms with Crippen LogP contribution in [-0.2, 0) is 19.9 Å². The van der Waals surface area contributed by atoms with Crippen molar-refractivity contribution in [2.75, 3.05) is 0 Å². The second-order valence-corrected chi connectivity index (χ2v) is 10.0. The van der Waals surface area contributed by atoms with Gasteiger partial charge in [0.15, 0.2) is 0 Å². The Kier molecular flexibility index (Phi) is 6.28. The minimum atomic E-state index is 0.321. The SMILES string of the molecule is CC(NC1CCC(Cc2ncc(Cl)c(-c3cnn(C)c3CC3CC3)n2)CC1)c1cn[nH]c1. The standard InChI is InChI=1S/C24H32ClN7/c1-15(18-11-27-28-12-18)30-19-7-5-17(6-8-19)10-23-26-14-21(25)24(31-23)20-13-29-32(2)22(20)9-16-3-4-16/h11-17,19,30H,3-10H2,1-2H3,(H,27,28). The van der Waals surface area contributed by atoms with E-state index in [1.54, 1.807) is 6.20 Å². The fourth-order valence-corrected chi connectivity index (χ4v) is 5.12. The number of hydrogen-bond acceptors (Lipinski definition) is 5. The van der Waals surface area contributed by atoms with Crippen LogP contribution in [0, 0.1) is 11.8 Å². The molecule has 2 N–H and O–H groups in total. The summed E-state index contributed by atoms with van der Waals surface area (Å²) < 4.78 is 1.98. The quantitative estimate of drug-likeness (QED) is 0.518. The molecule has 3 aromatic heterocycles. The molecular formula is C24H32ClN7. The summed E-state index contributed by atoms with van der Waals surface area (Å²) in [7, 11) is 2.01. The van der Waals surface area contributed by atoms with Crippen LogP contribution in [0.25, 0.3) is 11.3 Å². The fraction of sp³-hybridized carbons (Fsp3) is 0.583. The van der Waals surface area contributed by atoms with Gasteiger partial charge in [-0.1, -0.05) is 11.6 Å². The summed E-state index contributed by atoms with van der Waals surface area (Å²) in [6.45, 7) is 2.20. The molecule has 0 saturated heterocycles. The Morgan fingerprint density at radius 3 is 2.56 bits per heavy atom. The number of halogens is 1. The lowest BCUT2D eigenvalue weighted by Gasteiger charge is -2.31. The van der Waals surface area contributed by atoms with Gasteiger partial charge in [0.1, 0.15) is 5.82 Å². The molecule has 2 saturated carbocycles. The van der Waals surface area contributed by atoms with Crippen LogP contribution in [0.2, 0.25) is 5.02 Å². The Hall–Kier alpha value is -2.25. The molecule has 1 atom stereocenters. The topological polar surface area (TPSA) is 84.3 Å². The number of aromatic nitrogens is 6. The predicted molar refractivity (Wildman–Crippen MR) is 125 cm³/mol. The third kappa shape index (κ3) is 4.89. The lowest BCUT2D eigenvalue weighted by molar-refractivity contribution is 0.274. The Balaban J connectivity index is 1.22. The Bertz CT molecular complexity index is 1030. The zero-order valence-corrected chi connectivity index (χ0v) is 19.6. The molecular weight excluding hydrogens is 422 g/mol. The molecule has 5 rings (SSSR count). The van der Waals surface area contributed by atoms with Gasteiger partial charge < -0.3 is 5.32 Å². The highest BCUT2D eigenvalue weighted by molar-refractivity contribution is 6.32. The second-order valence-electron chi connectivity index (χ2n) is 9.60. The van der Waals surface area contributed by atoms with Crippen molar-refractivity contribution >= 4 is 11.6 Å². The summed E-state index contributed by atoms with van der Waals surface area (Å²) in [4.78, 5) is 9.49. The molecule has 7 nitrogen and oxygen atoms in total. The van der Waals surface area contributed by atoms with E-state index < -0.39 is 0 Å². The first-order valence-corrected chi connectivity index (χ1v) is 12.2. The number of rotatable bonds is 8. The number of nitrogens with zero attached hydrogens (tertiary/aromatic N) is 5. The average Bonchev–Trinajstić information content (AvgIpc) is 3.29. The molecule has 2 aliphatic rings. The zero-order chi connectivity index (χ0) is 22.1. The van der Waals surface area contributed by atoms with E-state index in [0.29, 0.717) is 23.0 Å². The third-order valence-electron chi connectivity index (χ3n) is 7.11. The highest BCUT2D eigenvalue weighted by Gasteiger charge is 2.27. The molecule has 0 amide bonds. The Labute approximate surface area is 194 Å². The molecule has 2 aliphatic carbocycles. The summed E-state index contributed by atoms with van der Waals surface area (Å²) in [5.74, 6) is 2.30. The number of H-pyrrole nitrogens is 1. The highest BCUT2D eigenvalue weighted by atomic mass is 35.5. The van der Waals surface area contributed by atoms with E-state index in [1.807, 2.05) is 30.3 Å². The predicted octanol–water partition coefficient (Wildman–Crippen LogP) is 4.66. The molecule has 0 bridgehead atoms. The van der Waals surface area contributed by atoms with Gasteiger partial charge >= 0.3 is 0 Å². The van der Waals surface area contributed by atoms with Crippen LogP contribution in [0.4, 0.5) is 0 Å². The molecule has 2 fully saturated rings. The Morgan fingerprint density at radius 1 is 1.09 bits per heavy atom. The van der Waals surface area contributed by atoms with Crippen molar-refractivity contribution < 1.29 is 0 Å². The van der Waals surface area contributed by atoms with E-state index in [4.69, 9.17) is 16.6 Å². The van der Waals surface area contributed by atoms with Gasteiger partial charge in [-0.25, -0.2) is 9.97 Å². The van der Waals surface area contributed by atoms with Crippen LogP contribution in [0.1, 0.15) is 68.6 Å². The van der Waals surface area contributed by atoms with Crippen molar-refractivity contribution in [3.63, 3.8) is 0 Å². The summed E-state index contributed by atoms with van der Waals surface area (Å²) in [6.07, 6.45) is 16.9. The number of nitrogens with one attached hydrogen (secondary N) is 2. The Morgan fingerprint density at radius 2 is 1.84 bits per heavy atom. The van der Waals surface area contributed by atoms with E-state index in [9.17, 15) is 0 Å². The van der Waals surface area contributed by atoms with Crippen molar-refractivity contribution in [2.45, 2.75) is 70.4 Å². The molecule has 8 heteroatoms. The van der Waals surface area contributed by atoms with Crippen LogP contribution in [0.5, 0.6) is 0 Å². The largest absolute Gasteiger partial charge is 0.307 e. The maximum Gasteiger partial charge on any atom is 0.129 e. The van der Waals surface area contributed by atoms with Gasteiger partial charge in [0.25, 0.3) is 0 Å². The van der Waals surface area contributed by atoms with Crippen LogP contribution >= 0.6 is 11.6 Å². The van der Waals surface area contributed by atoms with E-state index in [-0.39, 0.29) is 0 Å². The molecule has 170 valence electrons. The maximum atomic E-state index is 6.54. The molecule has 0 aromatic carbocycles. The van der Waals surface area contributed by atoms with Crippen LogP contribution < -0.4 is 5.32 Å². The monoisotopic (exact) mass is 453 g/mol. The molecule has 0 aliphatic heterocycles. The second kappa shape index (κ2) is 9.32. The highest BCUT2D eigenvalue weighted by Crippen LogP contribution is 2.37. The molecule has 1 unspecified atom stereocenters. The van der Waals surface area contributed by atoms with Crippen molar-refractivity contribution in [2.24, 2.45) is 18.9 Å². The normalized spacial score (nSPS) is 22.2. The minimum Gasteiger partial charge on any atom is -0.307 e. The van der Waals surface area contributed by atoms with Gasteiger partial charge in [0.2, 0.25) is 0 Å². The summed E-state index contributed by atoms with van der Waals surface area (Å²) >= 11 is 6.54. The minimum absolute atomic E-state index is 0.321. The summed E-state index contributed by atoms with van der Waals surface area (Å²) in [5, 5.41) is 15.8. The smallest absolute Gasteiger partial charge is 0.129 e. The van der Waals surface area contributed by atoms with Gasteiger partial charge in [-0.05, 0) is 63.7 Å². The van der Waals surface area contributed by atoms with E-state index in [1.165, 1.54) is 49.8 Å².